The maximum Gasteiger partial charge on any atom is 0.119 e. The Morgan fingerprint density at radius 1 is 1.38 bits per heavy atom. The maximum atomic E-state index is 10.1. The van der Waals surface area contributed by atoms with Crippen molar-refractivity contribution in [2.45, 2.75) is 38.8 Å². The van der Waals surface area contributed by atoms with Crippen LogP contribution in [0.4, 0.5) is 0 Å². The van der Waals surface area contributed by atoms with Gasteiger partial charge in [-0.1, -0.05) is 25.5 Å². The second-order valence-corrected chi connectivity index (χ2v) is 5.97. The molecular weight excluding hydrogens is 264 g/mol. The Labute approximate surface area is 127 Å². The van der Waals surface area contributed by atoms with Crippen molar-refractivity contribution in [3.63, 3.8) is 0 Å². The second-order valence-electron chi connectivity index (χ2n) is 5.97. The van der Waals surface area contributed by atoms with Crippen LogP contribution >= 0.6 is 0 Å². The average molecular weight is 292 g/mol. The van der Waals surface area contributed by atoms with Crippen LogP contribution in [0.5, 0.6) is 5.75 Å². The number of nitrogens with zero attached hydrogens (tertiary/aromatic N) is 1. The summed E-state index contributed by atoms with van der Waals surface area (Å²) in [6, 6.07) is 7.73. The Balaban J connectivity index is 1.71. The fourth-order valence-corrected chi connectivity index (χ4v) is 2.88. The van der Waals surface area contributed by atoms with E-state index < -0.39 is 6.10 Å². The molecule has 0 amide bonds. The largest absolute Gasteiger partial charge is 0.491 e. The molecule has 1 unspecified atom stereocenters. The number of likely N-dealkylation sites (tertiary alicyclic amines) is 1. The molecule has 3 N–H and O–H groups in total. The first kappa shape index (κ1) is 16.3. The average Bonchev–Trinajstić information content (AvgIpc) is 2.54. The summed E-state index contributed by atoms with van der Waals surface area (Å²) in [5, 5.41) is 10.1. The molecule has 1 fully saturated rings. The number of ether oxygens (including phenoxy) is 1. The van der Waals surface area contributed by atoms with Gasteiger partial charge >= 0.3 is 0 Å². The molecule has 1 aromatic carbocycles. The minimum absolute atomic E-state index is 0.335. The number of aliphatic hydroxyl groups is 1. The summed E-state index contributed by atoms with van der Waals surface area (Å²) in [5.74, 6) is 1.65. The van der Waals surface area contributed by atoms with Gasteiger partial charge in [0.25, 0.3) is 0 Å². The molecule has 1 aliphatic rings. The molecular formula is C17H28N2O2. The van der Waals surface area contributed by atoms with Crippen molar-refractivity contribution >= 4 is 0 Å². The van der Waals surface area contributed by atoms with E-state index in [9.17, 15) is 5.11 Å². The number of β-amino-alcohol motifs (C(OH)–C–C–N with tert-alkyl or cyclic N) is 1. The zero-order chi connectivity index (χ0) is 15.1. The van der Waals surface area contributed by atoms with Gasteiger partial charge in [-0.15, -0.1) is 0 Å². The van der Waals surface area contributed by atoms with Crippen LogP contribution in [0.3, 0.4) is 0 Å². The van der Waals surface area contributed by atoms with Gasteiger partial charge in [-0.05, 0) is 49.5 Å². The molecule has 4 nitrogen and oxygen atoms in total. The van der Waals surface area contributed by atoms with E-state index in [0.29, 0.717) is 19.7 Å². The van der Waals surface area contributed by atoms with Crippen molar-refractivity contribution in [2.75, 3.05) is 26.2 Å². The molecule has 1 heterocycles. The molecule has 4 heteroatoms. The zero-order valence-electron chi connectivity index (χ0n) is 13.0. The fourth-order valence-electron chi connectivity index (χ4n) is 2.88. The number of benzene rings is 1. The highest BCUT2D eigenvalue weighted by Gasteiger charge is 2.20. The molecule has 0 spiro atoms. The highest BCUT2D eigenvalue weighted by atomic mass is 16.5. The number of nitrogens with two attached hydrogens (primary N) is 1. The van der Waals surface area contributed by atoms with Gasteiger partial charge < -0.3 is 20.5 Å². The Kier molecular flexibility index (Phi) is 6.49. The van der Waals surface area contributed by atoms with Crippen LogP contribution in [-0.2, 0) is 6.54 Å². The summed E-state index contributed by atoms with van der Waals surface area (Å²) >= 11 is 0. The number of hydrogen-bond acceptors (Lipinski definition) is 4. The molecule has 1 aromatic rings. The van der Waals surface area contributed by atoms with Crippen molar-refractivity contribution in [1.82, 2.24) is 4.90 Å². The lowest BCUT2D eigenvalue weighted by Crippen LogP contribution is -2.40. The van der Waals surface area contributed by atoms with E-state index in [-0.39, 0.29) is 0 Å². The van der Waals surface area contributed by atoms with Gasteiger partial charge in [0.15, 0.2) is 0 Å². The Hall–Kier alpha value is -1.10. The predicted octanol–water partition coefficient (Wildman–Crippen LogP) is 2.01. The van der Waals surface area contributed by atoms with E-state index in [1.807, 2.05) is 24.3 Å². The normalized spacial score (nSPS) is 18.6. The first-order valence-electron chi connectivity index (χ1n) is 8.03. The molecule has 0 saturated carbocycles. The number of rotatable bonds is 7. The Morgan fingerprint density at radius 2 is 2.14 bits per heavy atom. The van der Waals surface area contributed by atoms with Crippen molar-refractivity contribution in [3.05, 3.63) is 29.8 Å². The summed E-state index contributed by atoms with van der Waals surface area (Å²) < 4.78 is 5.66. The molecule has 1 atom stereocenters. The molecule has 1 aliphatic heterocycles. The first-order valence-corrected chi connectivity index (χ1v) is 8.03. The van der Waals surface area contributed by atoms with Crippen LogP contribution in [0.2, 0.25) is 0 Å². The van der Waals surface area contributed by atoms with Gasteiger partial charge in [0, 0.05) is 13.1 Å². The molecule has 0 radical (unpaired) electrons. The summed E-state index contributed by atoms with van der Waals surface area (Å²) in [5.41, 5.74) is 6.65. The maximum absolute atomic E-state index is 10.1. The van der Waals surface area contributed by atoms with Gasteiger partial charge in [-0.2, -0.15) is 0 Å². The first-order chi connectivity index (χ1) is 10.2. The van der Waals surface area contributed by atoms with Crippen LogP contribution in [0.15, 0.2) is 24.3 Å². The third kappa shape index (κ3) is 5.30. The molecule has 0 aromatic heterocycles. The van der Waals surface area contributed by atoms with Crippen LogP contribution < -0.4 is 10.5 Å². The third-order valence-electron chi connectivity index (χ3n) is 4.33. The van der Waals surface area contributed by atoms with E-state index in [1.54, 1.807) is 0 Å². The second kappa shape index (κ2) is 8.37. The standard InChI is InChI=1S/C17H28N2O2/c1-2-14-6-8-19(9-7-14)12-16(20)13-21-17-5-3-4-15(10-17)11-18/h3-5,10,14,16,20H,2,6-9,11-13,18H2,1H3. The molecule has 118 valence electrons. The number of hydrogen-bond donors (Lipinski definition) is 2. The minimum Gasteiger partial charge on any atom is -0.491 e. The highest BCUT2D eigenvalue weighted by Crippen LogP contribution is 2.20. The lowest BCUT2D eigenvalue weighted by atomic mass is 9.94. The molecule has 1 saturated heterocycles. The number of piperidine rings is 1. The monoisotopic (exact) mass is 292 g/mol. The van der Waals surface area contributed by atoms with E-state index in [0.717, 1.165) is 30.3 Å². The SMILES string of the molecule is CCC1CCN(CC(O)COc2cccc(CN)c2)CC1. The molecule has 0 bridgehead atoms. The van der Waals surface area contributed by atoms with Crippen molar-refractivity contribution in [1.29, 1.82) is 0 Å². The van der Waals surface area contributed by atoms with E-state index in [4.69, 9.17) is 10.5 Å². The molecule has 2 rings (SSSR count). The molecule has 21 heavy (non-hydrogen) atoms. The topological polar surface area (TPSA) is 58.7 Å². The van der Waals surface area contributed by atoms with Gasteiger partial charge in [-0.3, -0.25) is 0 Å². The highest BCUT2D eigenvalue weighted by molar-refractivity contribution is 5.28. The Bertz CT molecular complexity index is 417. The van der Waals surface area contributed by atoms with E-state index >= 15 is 0 Å². The zero-order valence-corrected chi connectivity index (χ0v) is 13.0. The summed E-state index contributed by atoms with van der Waals surface area (Å²) in [6.07, 6.45) is 3.34. The predicted molar refractivity (Wildman–Crippen MR) is 85.3 cm³/mol. The van der Waals surface area contributed by atoms with Crippen LogP contribution in [-0.4, -0.2) is 42.4 Å². The smallest absolute Gasteiger partial charge is 0.119 e. The van der Waals surface area contributed by atoms with Gasteiger partial charge in [0.2, 0.25) is 0 Å². The lowest BCUT2D eigenvalue weighted by molar-refractivity contribution is 0.0547. The summed E-state index contributed by atoms with van der Waals surface area (Å²) in [6.45, 7) is 6.00. The van der Waals surface area contributed by atoms with Crippen LogP contribution in [0.25, 0.3) is 0 Å². The lowest BCUT2D eigenvalue weighted by Gasteiger charge is -2.32. The molecule has 0 aliphatic carbocycles. The fraction of sp³-hybridized carbons (Fsp3) is 0.647. The third-order valence-corrected chi connectivity index (χ3v) is 4.33. The van der Waals surface area contributed by atoms with Gasteiger partial charge in [0.1, 0.15) is 18.5 Å². The minimum atomic E-state index is -0.440. The summed E-state index contributed by atoms with van der Waals surface area (Å²) in [7, 11) is 0. The van der Waals surface area contributed by atoms with Crippen LogP contribution in [0, 0.1) is 5.92 Å². The van der Waals surface area contributed by atoms with E-state index in [2.05, 4.69) is 11.8 Å². The van der Waals surface area contributed by atoms with E-state index in [1.165, 1.54) is 19.3 Å². The number of aliphatic hydroxyl groups excluding tert-OH is 1. The van der Waals surface area contributed by atoms with Crippen LogP contribution in [0.1, 0.15) is 31.7 Å². The van der Waals surface area contributed by atoms with Gasteiger partial charge in [-0.25, -0.2) is 0 Å². The van der Waals surface area contributed by atoms with Crippen molar-refractivity contribution in [3.8, 4) is 5.75 Å². The quantitative estimate of drug-likeness (QED) is 0.807. The van der Waals surface area contributed by atoms with Gasteiger partial charge in [0.05, 0.1) is 0 Å². The summed E-state index contributed by atoms with van der Waals surface area (Å²) in [4.78, 5) is 2.34. The Morgan fingerprint density at radius 3 is 2.81 bits per heavy atom. The van der Waals surface area contributed by atoms with Crippen molar-refractivity contribution < 1.29 is 9.84 Å². The van der Waals surface area contributed by atoms with Crippen molar-refractivity contribution in [2.24, 2.45) is 11.7 Å².